The number of hydrogen-bond donors (Lipinski definition) is 0. The zero-order chi connectivity index (χ0) is 14.5. The molecule has 2 aromatic rings. The minimum Gasteiger partial charge on any atom is -0.443 e. The molecule has 5 heteroatoms. The highest BCUT2D eigenvalue weighted by atomic mass is 16.7. The lowest BCUT2D eigenvalue weighted by molar-refractivity contribution is -0.0444. The molecule has 0 radical (unpaired) electrons. The predicted molar refractivity (Wildman–Crippen MR) is 79.3 cm³/mol. The Hall–Kier alpha value is -1.62. The van der Waals surface area contributed by atoms with Gasteiger partial charge in [-0.05, 0) is 18.9 Å². The van der Waals surface area contributed by atoms with E-state index < -0.39 is 0 Å². The van der Waals surface area contributed by atoms with Gasteiger partial charge in [0.1, 0.15) is 5.76 Å². The largest absolute Gasteiger partial charge is 0.443 e. The number of unbranched alkanes of at least 4 members (excludes halogenated alkanes) is 3. The molecule has 0 aromatic carbocycles. The number of fused-ring (bicyclic) bond motifs is 1. The van der Waals surface area contributed by atoms with E-state index in [1.54, 1.807) is 6.20 Å². The molecule has 3 rings (SSSR count). The van der Waals surface area contributed by atoms with Crippen LogP contribution in [0.4, 0.5) is 0 Å². The van der Waals surface area contributed by atoms with E-state index >= 15 is 0 Å². The SMILES string of the molecule is CCCCCCc1cc2cnc(OC3CCCO3)nc2o1. The summed E-state index contributed by atoms with van der Waals surface area (Å²) in [4.78, 5) is 8.54. The molecule has 1 saturated heterocycles. The van der Waals surface area contributed by atoms with Crippen molar-refractivity contribution in [3.05, 3.63) is 18.0 Å². The molecule has 2 aromatic heterocycles. The summed E-state index contributed by atoms with van der Waals surface area (Å²) in [5, 5.41) is 0.931. The van der Waals surface area contributed by atoms with Crippen molar-refractivity contribution in [2.45, 2.75) is 58.2 Å². The second kappa shape index (κ2) is 6.89. The van der Waals surface area contributed by atoms with Crippen LogP contribution in [0.3, 0.4) is 0 Å². The first-order valence-corrected chi connectivity index (χ1v) is 7.89. The van der Waals surface area contributed by atoms with Crippen LogP contribution in [0, 0.1) is 0 Å². The van der Waals surface area contributed by atoms with Crippen LogP contribution in [0.1, 0.15) is 51.2 Å². The van der Waals surface area contributed by atoms with Crippen LogP contribution in [0.15, 0.2) is 16.7 Å². The van der Waals surface area contributed by atoms with E-state index in [0.717, 1.165) is 43.4 Å². The Bertz CT molecular complexity index is 576. The molecule has 5 nitrogen and oxygen atoms in total. The van der Waals surface area contributed by atoms with Crippen LogP contribution in [-0.4, -0.2) is 22.9 Å². The van der Waals surface area contributed by atoms with Crippen LogP contribution in [0.25, 0.3) is 11.1 Å². The van der Waals surface area contributed by atoms with Crippen LogP contribution in [0.5, 0.6) is 6.01 Å². The van der Waals surface area contributed by atoms with E-state index in [2.05, 4.69) is 16.9 Å². The first kappa shape index (κ1) is 14.3. The Kier molecular flexibility index (Phi) is 4.70. The van der Waals surface area contributed by atoms with Crippen molar-refractivity contribution in [2.75, 3.05) is 6.61 Å². The van der Waals surface area contributed by atoms with Gasteiger partial charge in [0.25, 0.3) is 0 Å². The Balaban J connectivity index is 1.63. The first-order chi connectivity index (χ1) is 10.3. The molecule has 0 aliphatic carbocycles. The van der Waals surface area contributed by atoms with Crippen molar-refractivity contribution < 1.29 is 13.9 Å². The molecule has 1 aliphatic rings. The zero-order valence-electron chi connectivity index (χ0n) is 12.5. The van der Waals surface area contributed by atoms with Gasteiger partial charge >= 0.3 is 6.01 Å². The number of nitrogens with zero attached hydrogens (tertiary/aromatic N) is 2. The summed E-state index contributed by atoms with van der Waals surface area (Å²) in [7, 11) is 0. The zero-order valence-corrected chi connectivity index (χ0v) is 12.5. The second-order valence-corrected chi connectivity index (χ2v) is 5.50. The van der Waals surface area contributed by atoms with E-state index in [1.165, 1.54) is 19.3 Å². The van der Waals surface area contributed by atoms with E-state index in [-0.39, 0.29) is 6.29 Å². The Labute approximate surface area is 124 Å². The minimum atomic E-state index is -0.217. The predicted octanol–water partition coefficient (Wildman–Crippen LogP) is 3.86. The van der Waals surface area contributed by atoms with Gasteiger partial charge in [0.05, 0.1) is 12.0 Å². The molecular weight excluding hydrogens is 268 g/mol. The Morgan fingerprint density at radius 3 is 3.10 bits per heavy atom. The average molecular weight is 290 g/mol. The van der Waals surface area contributed by atoms with E-state index in [4.69, 9.17) is 13.9 Å². The minimum absolute atomic E-state index is 0.217. The normalized spacial score (nSPS) is 18.4. The summed E-state index contributed by atoms with van der Waals surface area (Å²) in [6.07, 6.45) is 9.33. The molecule has 21 heavy (non-hydrogen) atoms. The summed E-state index contributed by atoms with van der Waals surface area (Å²) < 4.78 is 16.8. The highest BCUT2D eigenvalue weighted by Gasteiger charge is 2.18. The van der Waals surface area contributed by atoms with Crippen molar-refractivity contribution in [1.29, 1.82) is 0 Å². The number of hydrogen-bond acceptors (Lipinski definition) is 5. The number of ether oxygens (including phenoxy) is 2. The Morgan fingerprint density at radius 1 is 1.33 bits per heavy atom. The van der Waals surface area contributed by atoms with E-state index in [0.29, 0.717) is 11.7 Å². The van der Waals surface area contributed by atoms with Crippen LogP contribution >= 0.6 is 0 Å². The fourth-order valence-electron chi connectivity index (χ4n) is 2.53. The molecule has 0 amide bonds. The van der Waals surface area contributed by atoms with Gasteiger partial charge in [0.2, 0.25) is 12.0 Å². The van der Waals surface area contributed by atoms with Crippen LogP contribution in [-0.2, 0) is 11.2 Å². The third kappa shape index (κ3) is 3.73. The fraction of sp³-hybridized carbons (Fsp3) is 0.625. The third-order valence-corrected chi connectivity index (χ3v) is 3.70. The topological polar surface area (TPSA) is 57.4 Å². The van der Waals surface area contributed by atoms with Gasteiger partial charge in [-0.15, -0.1) is 0 Å². The first-order valence-electron chi connectivity index (χ1n) is 7.89. The van der Waals surface area contributed by atoms with Gasteiger partial charge in [-0.25, -0.2) is 4.98 Å². The van der Waals surface area contributed by atoms with Gasteiger partial charge in [-0.3, -0.25) is 0 Å². The standard InChI is InChI=1S/C16H22N2O3/c1-2-3-4-5-7-13-10-12-11-17-16(18-15(12)20-13)21-14-8-6-9-19-14/h10-11,14H,2-9H2,1H3. The summed E-state index contributed by atoms with van der Waals surface area (Å²) in [5.41, 5.74) is 0.600. The smallest absolute Gasteiger partial charge is 0.322 e. The summed E-state index contributed by atoms with van der Waals surface area (Å²) in [6.45, 7) is 2.96. The van der Waals surface area contributed by atoms with Crippen LogP contribution in [0.2, 0.25) is 0 Å². The van der Waals surface area contributed by atoms with Gasteiger partial charge in [-0.2, -0.15) is 4.98 Å². The highest BCUT2D eigenvalue weighted by Crippen LogP contribution is 2.22. The molecule has 0 N–H and O–H groups in total. The number of furan rings is 1. The van der Waals surface area contributed by atoms with Gasteiger partial charge in [0, 0.05) is 19.0 Å². The molecule has 0 saturated carbocycles. The fourth-order valence-corrected chi connectivity index (χ4v) is 2.53. The monoisotopic (exact) mass is 290 g/mol. The number of rotatable bonds is 7. The molecule has 1 unspecified atom stereocenters. The summed E-state index contributed by atoms with van der Waals surface area (Å²) in [6, 6.07) is 2.36. The second-order valence-electron chi connectivity index (χ2n) is 5.50. The maximum atomic E-state index is 5.78. The molecule has 3 heterocycles. The number of aryl methyl sites for hydroxylation is 1. The van der Waals surface area contributed by atoms with Crippen molar-refractivity contribution in [3.8, 4) is 6.01 Å². The van der Waals surface area contributed by atoms with Crippen molar-refractivity contribution in [1.82, 2.24) is 9.97 Å². The van der Waals surface area contributed by atoms with Gasteiger partial charge in [0.15, 0.2) is 0 Å². The van der Waals surface area contributed by atoms with Crippen molar-refractivity contribution in [2.24, 2.45) is 0 Å². The summed E-state index contributed by atoms with van der Waals surface area (Å²) >= 11 is 0. The molecule has 0 spiro atoms. The Morgan fingerprint density at radius 2 is 2.29 bits per heavy atom. The van der Waals surface area contributed by atoms with E-state index in [9.17, 15) is 0 Å². The van der Waals surface area contributed by atoms with E-state index in [1.807, 2.05) is 6.07 Å². The highest BCUT2D eigenvalue weighted by molar-refractivity contribution is 5.73. The molecule has 1 atom stereocenters. The maximum Gasteiger partial charge on any atom is 0.322 e. The molecular formula is C16H22N2O3. The summed E-state index contributed by atoms with van der Waals surface area (Å²) in [5.74, 6) is 0.977. The quantitative estimate of drug-likeness (QED) is 0.725. The lowest BCUT2D eigenvalue weighted by Crippen LogP contribution is -2.15. The third-order valence-electron chi connectivity index (χ3n) is 3.70. The lowest BCUT2D eigenvalue weighted by Gasteiger charge is -2.09. The van der Waals surface area contributed by atoms with Crippen LogP contribution < -0.4 is 4.74 Å². The lowest BCUT2D eigenvalue weighted by atomic mass is 10.1. The maximum absolute atomic E-state index is 5.78. The molecule has 114 valence electrons. The van der Waals surface area contributed by atoms with Crippen molar-refractivity contribution in [3.63, 3.8) is 0 Å². The van der Waals surface area contributed by atoms with Gasteiger partial charge in [-0.1, -0.05) is 26.2 Å². The number of aromatic nitrogens is 2. The molecule has 0 bridgehead atoms. The van der Waals surface area contributed by atoms with Gasteiger partial charge < -0.3 is 13.9 Å². The average Bonchev–Trinajstić information content (AvgIpc) is 3.12. The van der Waals surface area contributed by atoms with Crippen molar-refractivity contribution >= 4 is 11.1 Å². The molecule has 1 aliphatic heterocycles. The molecule has 1 fully saturated rings.